The summed E-state index contributed by atoms with van der Waals surface area (Å²) in [6.07, 6.45) is 0.337. The van der Waals surface area contributed by atoms with E-state index in [4.69, 9.17) is 0 Å². The molecule has 0 aliphatic carbocycles. The summed E-state index contributed by atoms with van der Waals surface area (Å²) in [5.41, 5.74) is -1.58. The number of amides is 1. The van der Waals surface area contributed by atoms with E-state index < -0.39 is 23.8 Å². The Labute approximate surface area is 145 Å². The van der Waals surface area contributed by atoms with Crippen LogP contribution in [0.1, 0.15) is 35.9 Å². The Kier molecular flexibility index (Phi) is 4.94. The number of hydrogen-bond donors (Lipinski definition) is 0. The fraction of sp³-hybridized carbons (Fsp3) is 0.438. The summed E-state index contributed by atoms with van der Waals surface area (Å²) in [6.45, 7) is 0.0986. The van der Waals surface area contributed by atoms with Crippen molar-refractivity contribution in [1.29, 1.82) is 0 Å². The third-order valence-electron chi connectivity index (χ3n) is 4.18. The van der Waals surface area contributed by atoms with Gasteiger partial charge in [0.2, 0.25) is 5.91 Å². The summed E-state index contributed by atoms with van der Waals surface area (Å²) in [4.78, 5) is 30.4. The highest BCUT2D eigenvalue weighted by molar-refractivity contribution is 7.09. The highest BCUT2D eigenvalue weighted by Crippen LogP contribution is 2.32. The number of carbonyl (C=O) groups is 1. The minimum atomic E-state index is -4.56. The first-order valence-electron chi connectivity index (χ1n) is 7.83. The van der Waals surface area contributed by atoms with Crippen molar-refractivity contribution in [3.05, 3.63) is 50.8 Å². The van der Waals surface area contributed by atoms with Gasteiger partial charge in [0.05, 0.1) is 11.6 Å². The first-order valence-corrected chi connectivity index (χ1v) is 8.71. The Morgan fingerprint density at radius 1 is 1.32 bits per heavy atom. The molecule has 0 N–H and O–H groups in total. The van der Waals surface area contributed by atoms with Gasteiger partial charge in [-0.05, 0) is 25.3 Å². The second kappa shape index (κ2) is 6.99. The SMILES string of the molecule is O=C(Cn1cc(C(F)(F)F)ccc1=O)N1CCCCC1c1nccs1. The topological polar surface area (TPSA) is 55.2 Å². The first kappa shape index (κ1) is 17.7. The molecule has 5 nitrogen and oxygen atoms in total. The molecule has 134 valence electrons. The quantitative estimate of drug-likeness (QED) is 0.833. The van der Waals surface area contributed by atoms with Crippen molar-refractivity contribution >= 4 is 17.2 Å². The summed E-state index contributed by atoms with van der Waals surface area (Å²) in [7, 11) is 0. The summed E-state index contributed by atoms with van der Waals surface area (Å²) >= 11 is 1.44. The molecule has 25 heavy (non-hydrogen) atoms. The highest BCUT2D eigenvalue weighted by atomic mass is 32.1. The second-order valence-electron chi connectivity index (χ2n) is 5.85. The number of rotatable bonds is 3. The normalized spacial score (nSPS) is 18.4. The zero-order chi connectivity index (χ0) is 18.0. The van der Waals surface area contributed by atoms with Gasteiger partial charge in [0.15, 0.2) is 0 Å². The van der Waals surface area contributed by atoms with E-state index in [1.165, 1.54) is 11.3 Å². The number of nitrogens with zero attached hydrogens (tertiary/aromatic N) is 3. The zero-order valence-electron chi connectivity index (χ0n) is 13.2. The van der Waals surface area contributed by atoms with Crippen LogP contribution >= 0.6 is 11.3 Å². The molecule has 1 fully saturated rings. The summed E-state index contributed by atoms with van der Waals surface area (Å²) in [5.74, 6) is -0.374. The Morgan fingerprint density at radius 3 is 2.80 bits per heavy atom. The molecule has 3 heterocycles. The number of piperidine rings is 1. The number of alkyl halides is 3. The van der Waals surface area contributed by atoms with Crippen LogP contribution in [0.15, 0.2) is 34.7 Å². The van der Waals surface area contributed by atoms with Gasteiger partial charge in [-0.3, -0.25) is 9.59 Å². The predicted molar refractivity (Wildman–Crippen MR) is 86.1 cm³/mol. The van der Waals surface area contributed by atoms with E-state index >= 15 is 0 Å². The average molecular weight is 371 g/mol. The van der Waals surface area contributed by atoms with Crippen molar-refractivity contribution in [2.75, 3.05) is 6.54 Å². The van der Waals surface area contributed by atoms with E-state index in [1.807, 2.05) is 5.38 Å². The second-order valence-corrected chi connectivity index (χ2v) is 6.78. The van der Waals surface area contributed by atoms with Gasteiger partial charge in [0.1, 0.15) is 11.6 Å². The van der Waals surface area contributed by atoms with E-state index in [0.717, 1.165) is 41.0 Å². The number of pyridine rings is 1. The third-order valence-corrected chi connectivity index (χ3v) is 5.05. The average Bonchev–Trinajstić information content (AvgIpc) is 3.10. The predicted octanol–water partition coefficient (Wildman–Crippen LogP) is 3.08. The maximum atomic E-state index is 12.8. The van der Waals surface area contributed by atoms with Crippen LogP contribution in [-0.4, -0.2) is 26.9 Å². The van der Waals surface area contributed by atoms with Crippen molar-refractivity contribution in [2.45, 2.75) is 38.0 Å². The maximum Gasteiger partial charge on any atom is 0.417 e. The fourth-order valence-corrected chi connectivity index (χ4v) is 3.73. The lowest BCUT2D eigenvalue weighted by Gasteiger charge is -2.34. The van der Waals surface area contributed by atoms with E-state index in [-0.39, 0.29) is 11.9 Å². The van der Waals surface area contributed by atoms with Gasteiger partial charge in [-0.2, -0.15) is 13.2 Å². The van der Waals surface area contributed by atoms with Gasteiger partial charge >= 0.3 is 6.18 Å². The highest BCUT2D eigenvalue weighted by Gasteiger charge is 2.32. The molecule has 1 amide bonds. The summed E-state index contributed by atoms with van der Waals surface area (Å²) in [6, 6.07) is 1.38. The molecule has 1 aliphatic rings. The van der Waals surface area contributed by atoms with Crippen LogP contribution in [0.25, 0.3) is 0 Å². The Hall–Kier alpha value is -2.16. The van der Waals surface area contributed by atoms with E-state index in [9.17, 15) is 22.8 Å². The van der Waals surface area contributed by atoms with Crippen LogP contribution in [0.4, 0.5) is 13.2 Å². The Bertz CT molecular complexity index is 802. The molecule has 0 spiro atoms. The number of halogens is 3. The monoisotopic (exact) mass is 371 g/mol. The van der Waals surface area contributed by atoms with E-state index in [1.54, 1.807) is 11.1 Å². The molecule has 0 saturated carbocycles. The van der Waals surface area contributed by atoms with Crippen LogP contribution < -0.4 is 5.56 Å². The largest absolute Gasteiger partial charge is 0.417 e. The lowest BCUT2D eigenvalue weighted by molar-refractivity contribution is -0.139. The molecule has 9 heteroatoms. The number of likely N-dealkylation sites (tertiary alicyclic amines) is 1. The molecular weight excluding hydrogens is 355 g/mol. The van der Waals surface area contributed by atoms with E-state index in [2.05, 4.69) is 4.98 Å². The fourth-order valence-electron chi connectivity index (χ4n) is 2.94. The molecule has 1 aliphatic heterocycles. The van der Waals surface area contributed by atoms with Gasteiger partial charge in [0, 0.05) is 30.4 Å². The molecule has 3 rings (SSSR count). The Balaban J connectivity index is 1.82. The van der Waals surface area contributed by atoms with Crippen molar-refractivity contribution in [3.8, 4) is 0 Å². The summed E-state index contributed by atoms with van der Waals surface area (Å²) < 4.78 is 39.3. The van der Waals surface area contributed by atoms with Gasteiger partial charge < -0.3 is 9.47 Å². The molecule has 1 saturated heterocycles. The van der Waals surface area contributed by atoms with Crippen LogP contribution in [0.2, 0.25) is 0 Å². The maximum absolute atomic E-state index is 12.8. The molecule has 0 aromatic carbocycles. The van der Waals surface area contributed by atoms with Gasteiger partial charge in [-0.1, -0.05) is 0 Å². The van der Waals surface area contributed by atoms with Crippen molar-refractivity contribution in [1.82, 2.24) is 14.5 Å². The molecule has 0 bridgehead atoms. The number of carbonyl (C=O) groups excluding carboxylic acids is 1. The smallest absolute Gasteiger partial charge is 0.332 e. The molecule has 1 unspecified atom stereocenters. The van der Waals surface area contributed by atoms with Crippen LogP contribution in [0.5, 0.6) is 0 Å². The summed E-state index contributed by atoms with van der Waals surface area (Å²) in [5, 5.41) is 2.63. The molecule has 2 aromatic heterocycles. The van der Waals surface area contributed by atoms with Crippen molar-refractivity contribution < 1.29 is 18.0 Å². The molecule has 2 aromatic rings. The minimum absolute atomic E-state index is 0.178. The lowest BCUT2D eigenvalue weighted by Crippen LogP contribution is -2.41. The van der Waals surface area contributed by atoms with Gasteiger partial charge in [-0.25, -0.2) is 4.98 Å². The van der Waals surface area contributed by atoms with Crippen LogP contribution in [0, 0.1) is 0 Å². The van der Waals surface area contributed by atoms with Crippen LogP contribution in [-0.2, 0) is 17.5 Å². The lowest BCUT2D eigenvalue weighted by atomic mass is 10.0. The van der Waals surface area contributed by atoms with Crippen molar-refractivity contribution in [3.63, 3.8) is 0 Å². The van der Waals surface area contributed by atoms with Crippen LogP contribution in [0.3, 0.4) is 0 Å². The standard InChI is InChI=1S/C16H16F3N3O2S/c17-16(18,19)11-4-5-13(23)21(9-11)10-14(24)22-7-2-1-3-12(22)15-20-6-8-25-15/h4-6,8-9,12H,1-3,7,10H2. The first-order chi connectivity index (χ1) is 11.9. The molecular formula is C16H16F3N3O2S. The number of hydrogen-bond acceptors (Lipinski definition) is 4. The number of thiazole rings is 1. The number of aromatic nitrogens is 2. The Morgan fingerprint density at radius 2 is 2.12 bits per heavy atom. The van der Waals surface area contributed by atoms with E-state index in [0.29, 0.717) is 12.7 Å². The zero-order valence-corrected chi connectivity index (χ0v) is 14.0. The van der Waals surface area contributed by atoms with Crippen molar-refractivity contribution in [2.24, 2.45) is 0 Å². The molecule has 1 atom stereocenters. The van der Waals surface area contributed by atoms with Gasteiger partial charge in [0.25, 0.3) is 5.56 Å². The third kappa shape index (κ3) is 3.92. The van der Waals surface area contributed by atoms with Gasteiger partial charge in [-0.15, -0.1) is 11.3 Å². The molecule has 0 radical (unpaired) electrons. The minimum Gasteiger partial charge on any atom is -0.332 e.